The van der Waals surface area contributed by atoms with Crippen LogP contribution in [0.25, 0.3) is 6.08 Å². The van der Waals surface area contributed by atoms with Gasteiger partial charge in [0.2, 0.25) is 12.7 Å². The summed E-state index contributed by atoms with van der Waals surface area (Å²) in [6, 6.07) is 9.49. The first-order chi connectivity index (χ1) is 14.4. The van der Waals surface area contributed by atoms with Crippen LogP contribution in [0, 0.1) is 0 Å². The van der Waals surface area contributed by atoms with Gasteiger partial charge in [0.1, 0.15) is 6.54 Å². The summed E-state index contributed by atoms with van der Waals surface area (Å²) in [5.74, 6) is 0.174. The Bertz CT molecular complexity index is 1080. The molecule has 9 nitrogen and oxygen atoms in total. The summed E-state index contributed by atoms with van der Waals surface area (Å²) in [5, 5.41) is 11.9. The number of nitrogens with zero attached hydrogens (tertiary/aromatic N) is 1. The molecule has 30 heavy (non-hydrogen) atoms. The topological polar surface area (TPSA) is 114 Å². The summed E-state index contributed by atoms with van der Waals surface area (Å²) in [6.07, 6.45) is 1.47. The van der Waals surface area contributed by atoms with Gasteiger partial charge >= 0.3 is 0 Å². The molecule has 0 aromatic heterocycles. The molecule has 0 bridgehead atoms. The van der Waals surface area contributed by atoms with Crippen molar-refractivity contribution in [2.24, 2.45) is 0 Å². The van der Waals surface area contributed by atoms with Crippen LogP contribution < -0.4 is 19.5 Å². The SMILES string of the molecule is COc1ccc(C=C2SC(=O)N(CC(=O)Nc3ccc4c(c3)OCO4)C2=O)cc1O. The molecule has 0 spiro atoms. The Labute approximate surface area is 175 Å². The summed E-state index contributed by atoms with van der Waals surface area (Å²) in [6.45, 7) is -0.313. The Balaban J connectivity index is 1.43. The minimum atomic E-state index is -0.582. The fourth-order valence-electron chi connectivity index (χ4n) is 2.90. The van der Waals surface area contributed by atoms with Crippen molar-refractivity contribution in [3.8, 4) is 23.0 Å². The number of nitrogens with one attached hydrogen (secondary N) is 1. The molecule has 0 atom stereocenters. The lowest BCUT2D eigenvalue weighted by Crippen LogP contribution is -2.36. The Kier molecular flexibility index (Phi) is 5.23. The first kappa shape index (κ1) is 19.6. The monoisotopic (exact) mass is 428 g/mol. The van der Waals surface area contributed by atoms with E-state index in [4.69, 9.17) is 14.2 Å². The second-order valence-corrected chi connectivity index (χ2v) is 7.31. The molecule has 1 saturated heterocycles. The number of ether oxygens (including phenoxy) is 3. The maximum atomic E-state index is 12.6. The lowest BCUT2D eigenvalue weighted by molar-refractivity contribution is -0.127. The van der Waals surface area contributed by atoms with Gasteiger partial charge in [-0.05, 0) is 47.7 Å². The number of anilines is 1. The third-order valence-corrected chi connectivity index (χ3v) is 5.24. The number of fused-ring (bicyclic) bond motifs is 1. The second kappa shape index (κ2) is 7.99. The van der Waals surface area contributed by atoms with E-state index in [1.165, 1.54) is 19.3 Å². The highest BCUT2D eigenvalue weighted by molar-refractivity contribution is 8.18. The molecule has 0 saturated carbocycles. The van der Waals surface area contributed by atoms with Crippen molar-refractivity contribution in [2.75, 3.05) is 25.8 Å². The molecule has 154 valence electrons. The number of carbonyl (C=O) groups is 3. The molecule has 1 fully saturated rings. The van der Waals surface area contributed by atoms with Gasteiger partial charge in [0.05, 0.1) is 12.0 Å². The first-order valence-electron chi connectivity index (χ1n) is 8.76. The zero-order valence-corrected chi connectivity index (χ0v) is 16.5. The van der Waals surface area contributed by atoms with Crippen molar-refractivity contribution in [1.29, 1.82) is 0 Å². The van der Waals surface area contributed by atoms with Crippen molar-refractivity contribution < 1.29 is 33.7 Å². The number of aromatic hydroxyl groups is 1. The van der Waals surface area contributed by atoms with Crippen LogP contribution in [0.1, 0.15) is 5.56 Å². The van der Waals surface area contributed by atoms with Gasteiger partial charge in [0.25, 0.3) is 11.1 Å². The lowest BCUT2D eigenvalue weighted by atomic mass is 10.2. The minimum absolute atomic E-state index is 0.0893. The average molecular weight is 428 g/mol. The van der Waals surface area contributed by atoms with Crippen LogP contribution in [-0.4, -0.2) is 47.5 Å². The molecule has 3 amide bonds. The van der Waals surface area contributed by atoms with Gasteiger partial charge in [-0.25, -0.2) is 0 Å². The number of benzene rings is 2. The molecule has 2 heterocycles. The number of phenolic OH excluding ortho intramolecular Hbond substituents is 1. The molecular weight excluding hydrogens is 412 g/mol. The maximum absolute atomic E-state index is 12.6. The molecule has 10 heteroatoms. The predicted octanol–water partition coefficient (Wildman–Crippen LogP) is 2.80. The van der Waals surface area contributed by atoms with Gasteiger partial charge in [-0.3, -0.25) is 19.3 Å². The van der Waals surface area contributed by atoms with E-state index >= 15 is 0 Å². The molecule has 2 aliphatic heterocycles. The second-order valence-electron chi connectivity index (χ2n) is 6.32. The van der Waals surface area contributed by atoms with Crippen molar-refractivity contribution in [3.05, 3.63) is 46.9 Å². The number of thioether (sulfide) groups is 1. The van der Waals surface area contributed by atoms with E-state index in [0.29, 0.717) is 28.5 Å². The number of hydrogen-bond donors (Lipinski definition) is 2. The van der Waals surface area contributed by atoms with Gasteiger partial charge in [-0.2, -0.15) is 0 Å². The molecule has 4 rings (SSSR count). The summed E-state index contributed by atoms with van der Waals surface area (Å²) in [5.41, 5.74) is 0.976. The maximum Gasteiger partial charge on any atom is 0.294 e. The lowest BCUT2D eigenvalue weighted by Gasteiger charge is -2.12. The Morgan fingerprint density at radius 3 is 2.80 bits per heavy atom. The fourth-order valence-corrected chi connectivity index (χ4v) is 3.74. The third-order valence-electron chi connectivity index (χ3n) is 4.33. The summed E-state index contributed by atoms with van der Waals surface area (Å²) >= 11 is 0.726. The zero-order chi connectivity index (χ0) is 21.3. The van der Waals surface area contributed by atoms with Crippen molar-refractivity contribution in [3.63, 3.8) is 0 Å². The Hall–Kier alpha value is -3.66. The van der Waals surface area contributed by atoms with Crippen molar-refractivity contribution >= 4 is 40.6 Å². The third kappa shape index (κ3) is 3.90. The highest BCUT2D eigenvalue weighted by Crippen LogP contribution is 2.35. The molecule has 0 aliphatic carbocycles. The van der Waals surface area contributed by atoms with E-state index in [0.717, 1.165) is 16.7 Å². The number of rotatable bonds is 5. The molecule has 2 N–H and O–H groups in total. The summed E-state index contributed by atoms with van der Waals surface area (Å²) < 4.78 is 15.4. The number of imide groups is 1. The van der Waals surface area contributed by atoms with E-state index in [9.17, 15) is 19.5 Å². The van der Waals surface area contributed by atoms with Gasteiger partial charge in [0.15, 0.2) is 23.0 Å². The van der Waals surface area contributed by atoms with E-state index in [1.807, 2.05) is 0 Å². The number of amides is 3. The number of phenols is 1. The first-order valence-corrected chi connectivity index (χ1v) is 9.58. The van der Waals surface area contributed by atoms with Crippen LogP contribution >= 0.6 is 11.8 Å². The predicted molar refractivity (Wildman–Crippen MR) is 109 cm³/mol. The molecule has 2 aromatic rings. The van der Waals surface area contributed by atoms with E-state index in [1.54, 1.807) is 30.3 Å². The van der Waals surface area contributed by atoms with Crippen LogP contribution in [-0.2, 0) is 9.59 Å². The van der Waals surface area contributed by atoms with E-state index in [-0.39, 0.29) is 17.4 Å². The van der Waals surface area contributed by atoms with Gasteiger partial charge in [-0.15, -0.1) is 0 Å². The van der Waals surface area contributed by atoms with Gasteiger partial charge in [0, 0.05) is 11.8 Å². The van der Waals surface area contributed by atoms with Crippen LogP contribution in [0.5, 0.6) is 23.0 Å². The fraction of sp³-hybridized carbons (Fsp3) is 0.150. The van der Waals surface area contributed by atoms with E-state index in [2.05, 4.69) is 5.32 Å². The van der Waals surface area contributed by atoms with E-state index < -0.39 is 23.6 Å². The van der Waals surface area contributed by atoms with Crippen LogP contribution in [0.15, 0.2) is 41.3 Å². The number of hydrogen-bond acceptors (Lipinski definition) is 8. The normalized spacial score (nSPS) is 16.3. The molecular formula is C20H16N2O7S. The van der Waals surface area contributed by atoms with Gasteiger partial charge in [-0.1, -0.05) is 6.07 Å². The van der Waals surface area contributed by atoms with Crippen LogP contribution in [0.4, 0.5) is 10.5 Å². The van der Waals surface area contributed by atoms with Crippen molar-refractivity contribution in [1.82, 2.24) is 4.90 Å². The van der Waals surface area contributed by atoms with Crippen LogP contribution in [0.2, 0.25) is 0 Å². The quantitative estimate of drug-likeness (QED) is 0.699. The smallest absolute Gasteiger partial charge is 0.294 e. The molecule has 0 radical (unpaired) electrons. The largest absolute Gasteiger partial charge is 0.504 e. The summed E-state index contributed by atoms with van der Waals surface area (Å²) in [7, 11) is 1.43. The number of methoxy groups -OCH3 is 1. The van der Waals surface area contributed by atoms with Crippen molar-refractivity contribution in [2.45, 2.75) is 0 Å². The van der Waals surface area contributed by atoms with Gasteiger partial charge < -0.3 is 24.6 Å². The average Bonchev–Trinajstić information content (AvgIpc) is 3.28. The molecule has 2 aromatic carbocycles. The Morgan fingerprint density at radius 1 is 1.23 bits per heavy atom. The molecule has 0 unspecified atom stereocenters. The standard InChI is InChI=1S/C20H16N2O7S/c1-27-14-4-2-11(6-13(14)23)7-17-19(25)22(20(26)30-17)9-18(24)21-12-3-5-15-16(8-12)29-10-28-15/h2-8,23H,9-10H2,1H3,(H,21,24). The van der Waals surface area contributed by atoms with Crippen LogP contribution in [0.3, 0.4) is 0 Å². The summed E-state index contributed by atoms with van der Waals surface area (Å²) in [4.78, 5) is 38.2. The highest BCUT2D eigenvalue weighted by Gasteiger charge is 2.36. The highest BCUT2D eigenvalue weighted by atomic mass is 32.2. The minimum Gasteiger partial charge on any atom is -0.504 e. The molecule has 2 aliphatic rings. The zero-order valence-electron chi connectivity index (χ0n) is 15.7. The Morgan fingerprint density at radius 2 is 2.03 bits per heavy atom. The number of carbonyl (C=O) groups excluding carboxylic acids is 3.